The standard InChI is InChI=1S/C23H24FN3O2S2/c1-3-10-27-22(29)20-17-9-4-14(2)11-18(17)31-21(20)26-23(27)30-13-19(28)25-12-15-5-7-16(24)8-6-15/h3,5-8,14H,1,4,9-13H2,2H3,(H,25,28). The van der Waals surface area contributed by atoms with E-state index >= 15 is 0 Å². The molecule has 1 amide bonds. The smallest absolute Gasteiger partial charge is 0.263 e. The summed E-state index contributed by atoms with van der Waals surface area (Å²) in [4.78, 5) is 32.4. The van der Waals surface area contributed by atoms with Crippen LogP contribution < -0.4 is 10.9 Å². The molecule has 2 heterocycles. The van der Waals surface area contributed by atoms with E-state index in [0.29, 0.717) is 24.2 Å². The average molecular weight is 458 g/mol. The number of carbonyl (C=O) groups excluding carboxylic acids is 1. The topological polar surface area (TPSA) is 64.0 Å². The first-order valence-electron chi connectivity index (χ1n) is 10.3. The number of rotatable bonds is 7. The van der Waals surface area contributed by atoms with Crippen LogP contribution in [0.5, 0.6) is 0 Å². The number of carbonyl (C=O) groups is 1. The summed E-state index contributed by atoms with van der Waals surface area (Å²) in [5.74, 6) is 0.276. The first kappa shape index (κ1) is 21.8. The largest absolute Gasteiger partial charge is 0.351 e. The number of aryl methyl sites for hydroxylation is 1. The molecule has 1 atom stereocenters. The fraction of sp³-hybridized carbons (Fsp3) is 0.348. The van der Waals surface area contributed by atoms with Gasteiger partial charge in [0.15, 0.2) is 5.16 Å². The lowest BCUT2D eigenvalue weighted by molar-refractivity contribution is -0.118. The molecule has 0 bridgehead atoms. The Labute approximate surface area is 188 Å². The third-order valence-electron chi connectivity index (χ3n) is 5.43. The van der Waals surface area contributed by atoms with Crippen molar-refractivity contribution < 1.29 is 9.18 Å². The lowest BCUT2D eigenvalue weighted by atomic mass is 9.89. The van der Waals surface area contributed by atoms with E-state index < -0.39 is 0 Å². The number of hydrogen-bond acceptors (Lipinski definition) is 5. The number of halogens is 1. The Bertz CT molecular complexity index is 1180. The number of hydrogen-bond donors (Lipinski definition) is 1. The van der Waals surface area contributed by atoms with Crippen LogP contribution in [0.3, 0.4) is 0 Å². The molecule has 1 aliphatic carbocycles. The summed E-state index contributed by atoms with van der Waals surface area (Å²) in [6.07, 6.45) is 4.67. The number of allylic oxidation sites excluding steroid dienone is 1. The number of thioether (sulfide) groups is 1. The Morgan fingerprint density at radius 3 is 2.94 bits per heavy atom. The van der Waals surface area contributed by atoms with E-state index in [1.54, 1.807) is 34.1 Å². The zero-order chi connectivity index (χ0) is 22.0. The van der Waals surface area contributed by atoms with Crippen LogP contribution in [0.4, 0.5) is 4.39 Å². The van der Waals surface area contributed by atoms with Gasteiger partial charge in [0.1, 0.15) is 10.6 Å². The lowest BCUT2D eigenvalue weighted by Crippen LogP contribution is -2.26. The molecular formula is C23H24FN3O2S2. The van der Waals surface area contributed by atoms with E-state index in [-0.39, 0.29) is 23.0 Å². The van der Waals surface area contributed by atoms with E-state index in [1.165, 1.54) is 28.8 Å². The molecule has 1 aromatic carbocycles. The summed E-state index contributed by atoms with van der Waals surface area (Å²) in [7, 11) is 0. The minimum Gasteiger partial charge on any atom is -0.351 e. The Kier molecular flexibility index (Phi) is 6.57. The number of fused-ring (bicyclic) bond motifs is 3. The molecule has 3 aromatic rings. The third kappa shape index (κ3) is 4.75. The summed E-state index contributed by atoms with van der Waals surface area (Å²) in [6.45, 7) is 6.68. The number of nitrogens with zero attached hydrogens (tertiary/aromatic N) is 2. The maximum atomic E-state index is 13.3. The number of thiophene rings is 1. The zero-order valence-electron chi connectivity index (χ0n) is 17.3. The van der Waals surface area contributed by atoms with Crippen LogP contribution in [-0.4, -0.2) is 21.2 Å². The molecule has 4 rings (SSSR count). The molecular weight excluding hydrogens is 433 g/mol. The lowest BCUT2D eigenvalue weighted by Gasteiger charge is -2.17. The second-order valence-electron chi connectivity index (χ2n) is 7.82. The normalized spacial score (nSPS) is 15.6. The fourth-order valence-corrected chi connectivity index (χ4v) is 6.05. The van der Waals surface area contributed by atoms with Gasteiger partial charge in [-0.05, 0) is 48.4 Å². The van der Waals surface area contributed by atoms with E-state index in [0.717, 1.165) is 40.6 Å². The van der Waals surface area contributed by atoms with Crippen LogP contribution in [0, 0.1) is 11.7 Å². The summed E-state index contributed by atoms with van der Waals surface area (Å²) >= 11 is 2.85. The quantitative estimate of drug-likeness (QED) is 0.326. The van der Waals surface area contributed by atoms with Crippen molar-refractivity contribution in [3.05, 3.63) is 69.1 Å². The Morgan fingerprint density at radius 2 is 2.19 bits per heavy atom. The van der Waals surface area contributed by atoms with Crippen LogP contribution in [0.15, 0.2) is 46.9 Å². The highest BCUT2D eigenvalue weighted by Crippen LogP contribution is 2.36. The maximum Gasteiger partial charge on any atom is 0.263 e. The number of nitrogens with one attached hydrogen (secondary N) is 1. The van der Waals surface area contributed by atoms with E-state index in [2.05, 4.69) is 18.8 Å². The van der Waals surface area contributed by atoms with Crippen molar-refractivity contribution in [1.29, 1.82) is 0 Å². The molecule has 1 N–H and O–H groups in total. The molecule has 1 aliphatic rings. The highest BCUT2D eigenvalue weighted by molar-refractivity contribution is 7.99. The first-order valence-corrected chi connectivity index (χ1v) is 12.1. The summed E-state index contributed by atoms with van der Waals surface area (Å²) < 4.78 is 14.6. The second kappa shape index (κ2) is 9.36. The van der Waals surface area contributed by atoms with Crippen LogP contribution in [0.25, 0.3) is 10.2 Å². The highest BCUT2D eigenvalue weighted by atomic mass is 32.2. The van der Waals surface area contributed by atoms with Crippen molar-refractivity contribution in [2.75, 3.05) is 5.75 Å². The van der Waals surface area contributed by atoms with Crippen molar-refractivity contribution in [2.24, 2.45) is 5.92 Å². The maximum absolute atomic E-state index is 13.3. The number of benzene rings is 1. The van der Waals surface area contributed by atoms with Crippen molar-refractivity contribution in [2.45, 2.75) is 44.4 Å². The van der Waals surface area contributed by atoms with Gasteiger partial charge in [0.25, 0.3) is 5.56 Å². The highest BCUT2D eigenvalue weighted by Gasteiger charge is 2.24. The molecule has 0 saturated heterocycles. The van der Waals surface area contributed by atoms with Gasteiger partial charge in [0.2, 0.25) is 5.91 Å². The molecule has 0 aliphatic heterocycles. The Hall–Kier alpha value is -2.45. The van der Waals surface area contributed by atoms with E-state index in [9.17, 15) is 14.0 Å². The molecule has 2 aromatic heterocycles. The molecule has 5 nitrogen and oxygen atoms in total. The van der Waals surface area contributed by atoms with Gasteiger partial charge in [-0.3, -0.25) is 14.2 Å². The Balaban J connectivity index is 1.53. The molecule has 0 fully saturated rings. The molecule has 0 spiro atoms. The van der Waals surface area contributed by atoms with Crippen LogP contribution in [0.1, 0.15) is 29.3 Å². The second-order valence-corrected chi connectivity index (χ2v) is 9.85. The SMILES string of the molecule is C=CCn1c(SCC(=O)NCc2ccc(F)cc2)nc2sc3c(c2c1=O)CCC(C)C3. The summed E-state index contributed by atoms with van der Waals surface area (Å²) in [5, 5.41) is 4.09. The monoisotopic (exact) mass is 457 g/mol. The van der Waals surface area contributed by atoms with Gasteiger partial charge in [0.05, 0.1) is 11.1 Å². The van der Waals surface area contributed by atoms with Gasteiger partial charge < -0.3 is 5.32 Å². The van der Waals surface area contributed by atoms with Crippen LogP contribution in [-0.2, 0) is 30.7 Å². The molecule has 0 radical (unpaired) electrons. The van der Waals surface area contributed by atoms with Crippen LogP contribution >= 0.6 is 23.1 Å². The van der Waals surface area contributed by atoms with Crippen molar-refractivity contribution in [1.82, 2.24) is 14.9 Å². The van der Waals surface area contributed by atoms with Gasteiger partial charge in [-0.15, -0.1) is 17.9 Å². The molecule has 31 heavy (non-hydrogen) atoms. The minimum atomic E-state index is -0.308. The van der Waals surface area contributed by atoms with Crippen molar-refractivity contribution in [3.8, 4) is 0 Å². The van der Waals surface area contributed by atoms with E-state index in [1.807, 2.05) is 0 Å². The van der Waals surface area contributed by atoms with Gasteiger partial charge in [0, 0.05) is 18.0 Å². The number of amides is 1. The molecule has 1 unspecified atom stereocenters. The number of aromatic nitrogens is 2. The first-order chi connectivity index (χ1) is 15.0. The van der Waals surface area contributed by atoms with E-state index in [4.69, 9.17) is 4.98 Å². The zero-order valence-corrected chi connectivity index (χ0v) is 19.0. The average Bonchev–Trinajstić information content (AvgIpc) is 3.11. The van der Waals surface area contributed by atoms with Crippen LogP contribution in [0.2, 0.25) is 0 Å². The Morgan fingerprint density at radius 1 is 1.42 bits per heavy atom. The van der Waals surface area contributed by atoms with Crippen molar-refractivity contribution >= 4 is 39.2 Å². The molecule has 8 heteroatoms. The van der Waals surface area contributed by atoms with Gasteiger partial charge >= 0.3 is 0 Å². The van der Waals surface area contributed by atoms with Gasteiger partial charge in [-0.2, -0.15) is 0 Å². The minimum absolute atomic E-state index is 0.0498. The predicted octanol–water partition coefficient (Wildman–Crippen LogP) is 4.32. The molecule has 0 saturated carbocycles. The van der Waals surface area contributed by atoms with Crippen molar-refractivity contribution in [3.63, 3.8) is 0 Å². The molecule has 162 valence electrons. The third-order valence-corrected chi connectivity index (χ3v) is 7.55. The summed E-state index contributed by atoms with van der Waals surface area (Å²) in [5.41, 5.74) is 1.93. The van der Waals surface area contributed by atoms with Gasteiger partial charge in [-0.25, -0.2) is 9.37 Å². The fourth-order valence-electron chi connectivity index (χ4n) is 3.79. The summed E-state index contributed by atoms with van der Waals surface area (Å²) in [6, 6.07) is 6.01. The van der Waals surface area contributed by atoms with Gasteiger partial charge in [-0.1, -0.05) is 36.9 Å². The predicted molar refractivity (Wildman–Crippen MR) is 124 cm³/mol.